The Bertz CT molecular complexity index is 402. The third-order valence-corrected chi connectivity index (χ3v) is 3.70. The summed E-state index contributed by atoms with van der Waals surface area (Å²) >= 11 is 6.20. The summed E-state index contributed by atoms with van der Waals surface area (Å²) < 4.78 is 0. The fraction of sp³-hybridized carbons (Fsp3) is 0.615. The number of rotatable bonds is 3. The van der Waals surface area contributed by atoms with E-state index in [1.807, 2.05) is 6.92 Å². The molecule has 0 atom stereocenters. The van der Waals surface area contributed by atoms with Gasteiger partial charge in [-0.3, -0.25) is 0 Å². The van der Waals surface area contributed by atoms with Crippen LogP contribution in [0.3, 0.4) is 0 Å². The summed E-state index contributed by atoms with van der Waals surface area (Å²) in [4.78, 5) is 6.77. The number of halogens is 1. The van der Waals surface area contributed by atoms with E-state index in [0.717, 1.165) is 37.3 Å². The summed E-state index contributed by atoms with van der Waals surface area (Å²) in [6.07, 6.45) is 2.32. The number of nitrogens with zero attached hydrogens (tertiary/aromatic N) is 2. The Morgan fingerprint density at radius 3 is 2.82 bits per heavy atom. The Morgan fingerprint density at radius 1 is 1.47 bits per heavy atom. The van der Waals surface area contributed by atoms with Gasteiger partial charge in [0.15, 0.2) is 5.15 Å². The van der Waals surface area contributed by atoms with Gasteiger partial charge in [0.05, 0.1) is 11.4 Å². The van der Waals surface area contributed by atoms with Crippen molar-refractivity contribution in [2.75, 3.05) is 23.3 Å². The summed E-state index contributed by atoms with van der Waals surface area (Å²) in [5.41, 5.74) is 3.19. The van der Waals surface area contributed by atoms with Crippen LogP contribution in [0.2, 0.25) is 5.15 Å². The lowest BCUT2D eigenvalue weighted by Crippen LogP contribution is -2.41. The number of fused-ring (bicyclic) bond motifs is 1. The van der Waals surface area contributed by atoms with E-state index in [0.29, 0.717) is 11.2 Å². The lowest BCUT2D eigenvalue weighted by Gasteiger charge is -2.38. The van der Waals surface area contributed by atoms with Crippen LogP contribution in [-0.2, 0) is 0 Å². The fourth-order valence-electron chi connectivity index (χ4n) is 2.54. The SMILES string of the molecule is CCC(CC)N1CCNc2c1cc(C)nc2Cl. The molecule has 0 amide bonds. The van der Waals surface area contributed by atoms with Gasteiger partial charge in [0, 0.05) is 24.8 Å². The second-order valence-corrected chi connectivity index (χ2v) is 4.90. The third-order valence-electron chi connectivity index (χ3n) is 3.43. The first kappa shape index (κ1) is 12.5. The molecular formula is C13H20ClN3. The van der Waals surface area contributed by atoms with Gasteiger partial charge in [-0.05, 0) is 25.8 Å². The summed E-state index contributed by atoms with van der Waals surface area (Å²) in [5, 5.41) is 3.95. The highest BCUT2D eigenvalue weighted by Gasteiger charge is 2.24. The molecule has 0 aliphatic carbocycles. The Balaban J connectivity index is 2.43. The Kier molecular flexibility index (Phi) is 3.77. The van der Waals surface area contributed by atoms with Crippen LogP contribution < -0.4 is 10.2 Å². The number of aromatic nitrogens is 1. The molecule has 2 heterocycles. The second-order valence-electron chi connectivity index (χ2n) is 4.54. The summed E-state index contributed by atoms with van der Waals surface area (Å²) in [5.74, 6) is 0. The van der Waals surface area contributed by atoms with E-state index in [1.165, 1.54) is 5.69 Å². The molecule has 0 unspecified atom stereocenters. The molecule has 3 nitrogen and oxygen atoms in total. The molecule has 1 aromatic rings. The van der Waals surface area contributed by atoms with Crippen LogP contribution >= 0.6 is 11.6 Å². The highest BCUT2D eigenvalue weighted by atomic mass is 35.5. The van der Waals surface area contributed by atoms with Gasteiger partial charge in [0.2, 0.25) is 0 Å². The van der Waals surface area contributed by atoms with Gasteiger partial charge in [0.25, 0.3) is 0 Å². The number of hydrogen-bond acceptors (Lipinski definition) is 3. The predicted molar refractivity (Wildman–Crippen MR) is 74.2 cm³/mol. The molecule has 0 saturated carbocycles. The number of aryl methyl sites for hydroxylation is 1. The number of nitrogens with one attached hydrogen (secondary N) is 1. The Labute approximate surface area is 108 Å². The molecule has 0 spiro atoms. The van der Waals surface area contributed by atoms with Crippen LogP contribution in [0, 0.1) is 6.92 Å². The zero-order valence-electron chi connectivity index (χ0n) is 10.8. The second kappa shape index (κ2) is 5.13. The minimum Gasteiger partial charge on any atom is -0.379 e. The number of pyridine rings is 1. The van der Waals surface area contributed by atoms with Crippen LogP contribution in [0.4, 0.5) is 11.4 Å². The Morgan fingerprint density at radius 2 is 2.18 bits per heavy atom. The van der Waals surface area contributed by atoms with E-state index >= 15 is 0 Å². The number of hydrogen-bond donors (Lipinski definition) is 1. The quantitative estimate of drug-likeness (QED) is 0.837. The highest BCUT2D eigenvalue weighted by molar-refractivity contribution is 6.32. The van der Waals surface area contributed by atoms with E-state index in [4.69, 9.17) is 11.6 Å². The normalized spacial score (nSPS) is 14.8. The van der Waals surface area contributed by atoms with Gasteiger partial charge >= 0.3 is 0 Å². The molecule has 0 radical (unpaired) electrons. The van der Waals surface area contributed by atoms with Gasteiger partial charge in [-0.25, -0.2) is 4.98 Å². The molecule has 1 aromatic heterocycles. The van der Waals surface area contributed by atoms with Crippen molar-refractivity contribution >= 4 is 23.0 Å². The van der Waals surface area contributed by atoms with E-state index < -0.39 is 0 Å². The van der Waals surface area contributed by atoms with Gasteiger partial charge in [0.1, 0.15) is 0 Å². The molecule has 0 aromatic carbocycles. The van der Waals surface area contributed by atoms with Crippen LogP contribution in [0.5, 0.6) is 0 Å². The molecule has 1 aliphatic rings. The monoisotopic (exact) mass is 253 g/mol. The minimum absolute atomic E-state index is 0.591. The van der Waals surface area contributed by atoms with Crippen molar-refractivity contribution in [1.82, 2.24) is 4.98 Å². The van der Waals surface area contributed by atoms with Crippen LogP contribution in [-0.4, -0.2) is 24.1 Å². The van der Waals surface area contributed by atoms with Crippen LogP contribution in [0.15, 0.2) is 6.07 Å². The van der Waals surface area contributed by atoms with Crippen molar-refractivity contribution in [3.63, 3.8) is 0 Å². The molecule has 4 heteroatoms. The zero-order valence-corrected chi connectivity index (χ0v) is 11.5. The van der Waals surface area contributed by atoms with E-state index in [2.05, 4.69) is 35.1 Å². The van der Waals surface area contributed by atoms with Gasteiger partial charge in [-0.15, -0.1) is 0 Å². The molecule has 0 saturated heterocycles. The van der Waals surface area contributed by atoms with Crippen molar-refractivity contribution in [3.05, 3.63) is 16.9 Å². The topological polar surface area (TPSA) is 28.2 Å². The van der Waals surface area contributed by atoms with E-state index in [9.17, 15) is 0 Å². The van der Waals surface area contributed by atoms with E-state index in [1.54, 1.807) is 0 Å². The average Bonchev–Trinajstić information content (AvgIpc) is 2.31. The summed E-state index contributed by atoms with van der Waals surface area (Å²) in [6, 6.07) is 2.72. The van der Waals surface area contributed by atoms with Crippen molar-refractivity contribution in [3.8, 4) is 0 Å². The Hall–Kier alpha value is -0.960. The van der Waals surface area contributed by atoms with Crippen molar-refractivity contribution < 1.29 is 0 Å². The molecule has 0 bridgehead atoms. The first-order chi connectivity index (χ1) is 8.17. The van der Waals surface area contributed by atoms with Gasteiger partial charge in [-0.2, -0.15) is 0 Å². The largest absolute Gasteiger partial charge is 0.379 e. The maximum Gasteiger partial charge on any atom is 0.154 e. The molecular weight excluding hydrogens is 234 g/mol. The molecule has 2 rings (SSSR count). The standard InChI is InChI=1S/C13H20ClN3/c1-4-10(5-2)17-7-6-15-12-11(17)8-9(3)16-13(12)14/h8,10,15H,4-7H2,1-3H3. The minimum atomic E-state index is 0.591. The summed E-state index contributed by atoms with van der Waals surface area (Å²) in [7, 11) is 0. The third kappa shape index (κ3) is 2.34. The van der Waals surface area contributed by atoms with Crippen LogP contribution in [0.1, 0.15) is 32.4 Å². The highest BCUT2D eigenvalue weighted by Crippen LogP contribution is 2.36. The molecule has 17 heavy (non-hydrogen) atoms. The van der Waals surface area contributed by atoms with Crippen molar-refractivity contribution in [2.24, 2.45) is 0 Å². The first-order valence-corrected chi connectivity index (χ1v) is 6.72. The van der Waals surface area contributed by atoms with Crippen molar-refractivity contribution in [1.29, 1.82) is 0 Å². The molecule has 94 valence electrons. The smallest absolute Gasteiger partial charge is 0.154 e. The maximum atomic E-state index is 6.20. The maximum absolute atomic E-state index is 6.20. The van der Waals surface area contributed by atoms with Gasteiger partial charge < -0.3 is 10.2 Å². The average molecular weight is 254 g/mol. The lowest BCUT2D eigenvalue weighted by atomic mass is 10.1. The fourth-order valence-corrected chi connectivity index (χ4v) is 2.84. The van der Waals surface area contributed by atoms with Crippen molar-refractivity contribution in [2.45, 2.75) is 39.7 Å². The number of anilines is 2. The first-order valence-electron chi connectivity index (χ1n) is 6.35. The molecule has 1 N–H and O–H groups in total. The lowest BCUT2D eigenvalue weighted by molar-refractivity contribution is 0.557. The van der Waals surface area contributed by atoms with Crippen LogP contribution in [0.25, 0.3) is 0 Å². The van der Waals surface area contributed by atoms with Gasteiger partial charge in [-0.1, -0.05) is 25.4 Å². The van der Waals surface area contributed by atoms with E-state index in [-0.39, 0.29) is 0 Å². The molecule has 0 fully saturated rings. The predicted octanol–water partition coefficient (Wildman–Crippen LogP) is 3.46. The summed E-state index contributed by atoms with van der Waals surface area (Å²) in [6.45, 7) is 8.45. The molecule has 1 aliphatic heterocycles. The zero-order chi connectivity index (χ0) is 12.4.